The molecule has 366 valence electrons. The number of hydrogen-bond donors (Lipinski definition) is 3. The number of fused-ring (bicyclic) bond motifs is 6. The van der Waals surface area contributed by atoms with Gasteiger partial charge in [-0.3, -0.25) is 38.6 Å². The van der Waals surface area contributed by atoms with Crippen molar-refractivity contribution in [3.05, 3.63) is 63.7 Å². The van der Waals surface area contributed by atoms with Crippen molar-refractivity contribution >= 4 is 41.2 Å². The lowest BCUT2D eigenvalue weighted by Crippen LogP contribution is -2.55. The highest BCUT2D eigenvalue weighted by Crippen LogP contribution is 2.53. The highest BCUT2D eigenvalue weighted by Gasteiger charge is 2.55. The number of phenolic OH excluding ortho intramolecular Hbond substituents is 2. The van der Waals surface area contributed by atoms with Crippen LogP contribution in [0.4, 0.5) is 4.79 Å². The first-order valence-electron chi connectivity index (χ1n) is 22.6. The molecule has 0 saturated carbocycles. The fraction of sp³-hybridized carbons (Fsp3) is 0.553. The molecule has 0 aromatic heterocycles. The number of nitrogens with zero attached hydrogens (tertiary/aromatic N) is 4. The summed E-state index contributed by atoms with van der Waals surface area (Å²) in [6.45, 7) is 2.14. The maximum Gasteiger partial charge on any atom is 0.409 e. The van der Waals surface area contributed by atoms with Gasteiger partial charge < -0.3 is 58.3 Å². The first kappa shape index (κ1) is 48.6. The van der Waals surface area contributed by atoms with E-state index in [-0.39, 0.29) is 59.5 Å². The number of ketones is 3. The van der Waals surface area contributed by atoms with E-state index >= 15 is 0 Å². The molecule has 2 aromatic rings. The Morgan fingerprint density at radius 3 is 2.28 bits per heavy atom. The molecule has 3 saturated heterocycles. The van der Waals surface area contributed by atoms with Gasteiger partial charge in [0.1, 0.15) is 35.5 Å². The monoisotopic (exact) mass is 948 g/mol. The van der Waals surface area contributed by atoms with Crippen LogP contribution >= 0.6 is 0 Å². The normalized spacial score (nSPS) is 27.3. The molecule has 4 heterocycles. The molecule has 21 heteroatoms. The van der Waals surface area contributed by atoms with Crippen molar-refractivity contribution in [3.63, 3.8) is 0 Å². The molecule has 4 amide bonds. The molecule has 0 spiro atoms. The van der Waals surface area contributed by atoms with E-state index in [1.54, 1.807) is 14.0 Å². The third kappa shape index (κ3) is 8.99. The van der Waals surface area contributed by atoms with E-state index in [2.05, 4.69) is 4.90 Å². The zero-order chi connectivity index (χ0) is 48.8. The van der Waals surface area contributed by atoms with Gasteiger partial charge in [-0.2, -0.15) is 0 Å². The molecule has 21 nitrogen and oxygen atoms in total. The molecular formula is C47H56N4O17. The van der Waals surface area contributed by atoms with Crippen molar-refractivity contribution in [3.8, 4) is 17.2 Å². The van der Waals surface area contributed by atoms with Gasteiger partial charge in [-0.1, -0.05) is 25.0 Å². The molecule has 4 aliphatic heterocycles. The Kier molecular flexibility index (Phi) is 14.1. The van der Waals surface area contributed by atoms with Crippen molar-refractivity contribution in [2.75, 3.05) is 67.7 Å². The van der Waals surface area contributed by atoms with Crippen LogP contribution in [0.1, 0.15) is 94.5 Å². The minimum Gasteiger partial charge on any atom is -0.507 e. The van der Waals surface area contributed by atoms with Crippen molar-refractivity contribution in [1.82, 2.24) is 19.6 Å². The van der Waals surface area contributed by atoms with E-state index in [4.69, 9.17) is 33.2 Å². The first-order chi connectivity index (χ1) is 32.5. The number of aliphatic hydroxyl groups is 1. The second-order valence-corrected chi connectivity index (χ2v) is 17.9. The van der Waals surface area contributed by atoms with Gasteiger partial charge in [-0.25, -0.2) is 4.79 Å². The lowest BCUT2D eigenvalue weighted by atomic mass is 9.72. The van der Waals surface area contributed by atoms with E-state index < -0.39 is 120 Å². The van der Waals surface area contributed by atoms with Crippen LogP contribution in [-0.2, 0) is 54.0 Å². The zero-order valence-electron chi connectivity index (χ0n) is 38.5. The van der Waals surface area contributed by atoms with Gasteiger partial charge in [0.05, 0.1) is 42.6 Å². The van der Waals surface area contributed by atoms with Crippen LogP contribution in [0.3, 0.4) is 0 Å². The quantitative estimate of drug-likeness (QED) is 0.105. The van der Waals surface area contributed by atoms with E-state index in [1.807, 2.05) is 0 Å². The number of carbonyl (C=O) groups is 7. The minimum atomic E-state index is -2.39. The van der Waals surface area contributed by atoms with Crippen LogP contribution in [0, 0.1) is 0 Å². The molecular weight excluding hydrogens is 893 g/mol. The summed E-state index contributed by atoms with van der Waals surface area (Å²) in [4.78, 5) is 97.2. The molecule has 0 unspecified atom stereocenters. The number of hydrogen-bond acceptors (Lipinski definition) is 18. The summed E-state index contributed by atoms with van der Waals surface area (Å²) in [5.41, 5.74) is -3.91. The van der Waals surface area contributed by atoms with Crippen LogP contribution in [0.5, 0.6) is 17.2 Å². The van der Waals surface area contributed by atoms with Gasteiger partial charge >= 0.3 is 6.09 Å². The lowest BCUT2D eigenvalue weighted by Gasteiger charge is -2.43. The van der Waals surface area contributed by atoms with E-state index in [1.165, 1.54) is 49.3 Å². The van der Waals surface area contributed by atoms with Crippen molar-refractivity contribution in [1.29, 1.82) is 0 Å². The number of unbranched alkanes of at least 4 members (excludes halogenated alkanes) is 3. The van der Waals surface area contributed by atoms with Crippen molar-refractivity contribution in [2.45, 2.75) is 101 Å². The number of benzene rings is 2. The Balaban J connectivity index is 0.951. The number of amides is 4. The summed E-state index contributed by atoms with van der Waals surface area (Å²) >= 11 is 0. The molecule has 6 aliphatic rings. The number of ether oxygens (including phenoxy) is 7. The molecule has 8 atom stereocenters. The summed E-state index contributed by atoms with van der Waals surface area (Å²) in [5.74, 6) is -5.31. The van der Waals surface area contributed by atoms with Crippen molar-refractivity contribution < 1.29 is 82.0 Å². The Morgan fingerprint density at radius 1 is 0.897 bits per heavy atom. The van der Waals surface area contributed by atoms with Gasteiger partial charge in [-0.05, 0) is 25.8 Å². The Morgan fingerprint density at radius 2 is 1.59 bits per heavy atom. The second kappa shape index (κ2) is 19.7. The third-order valence-corrected chi connectivity index (χ3v) is 13.7. The summed E-state index contributed by atoms with van der Waals surface area (Å²) in [6.07, 6.45) is -1.55. The summed E-state index contributed by atoms with van der Waals surface area (Å²) in [5, 5.41) is 36.3. The molecule has 8 rings (SSSR count). The smallest absolute Gasteiger partial charge is 0.409 e. The first-order valence-corrected chi connectivity index (χ1v) is 22.6. The number of morpholine rings is 1. The summed E-state index contributed by atoms with van der Waals surface area (Å²) in [7, 11) is 5.92. The van der Waals surface area contributed by atoms with Gasteiger partial charge in [0.2, 0.25) is 17.5 Å². The molecule has 3 N–H and O–H groups in total. The molecule has 3 fully saturated rings. The maximum atomic E-state index is 14.2. The largest absolute Gasteiger partial charge is 0.507 e. The number of phenols is 2. The number of carbonyl (C=O) groups excluding carboxylic acids is 7. The minimum absolute atomic E-state index is 0.0765. The number of Topliss-reactive ketones (excluding diaryl/α,β-unsaturated/α-hetero) is 1. The molecule has 0 bridgehead atoms. The van der Waals surface area contributed by atoms with Gasteiger partial charge in [0.15, 0.2) is 31.2 Å². The predicted molar refractivity (Wildman–Crippen MR) is 233 cm³/mol. The standard InChI is InChI=1S/C47H56N4O17/c1-24-43-27(50-17-18-64-45(63-5)44(50)68-43)19-34(66-24)67-29-21-47(61,20-26-36(29)42(59)38-37(40(26)57)39(56)25-11-10-12-28(62-4)35(25)41(38)58)30(52)23-65-46(60)49(3)16-9-7-6-8-15-48(2)33(55)22-51-31(53)13-14-32(51)54/h10-14,24,27,29,34,43-45,57,59,61H,6-9,15-23H2,1-5H3/t24-,27-,29-,34-,43+,44+,45-,47-/m0/s1. The number of aromatic hydroxyl groups is 2. The second-order valence-electron chi connectivity index (χ2n) is 17.9. The maximum absolute atomic E-state index is 14.2. The van der Waals surface area contributed by atoms with Gasteiger partial charge in [0.25, 0.3) is 11.8 Å². The zero-order valence-corrected chi connectivity index (χ0v) is 38.5. The van der Waals surface area contributed by atoms with Crippen LogP contribution in [-0.4, -0.2) is 186 Å². The van der Waals surface area contributed by atoms with Crippen LogP contribution < -0.4 is 4.74 Å². The van der Waals surface area contributed by atoms with E-state index in [0.717, 1.165) is 17.1 Å². The molecule has 2 aliphatic carbocycles. The number of methoxy groups -OCH3 is 2. The number of imide groups is 1. The SMILES string of the molecule is COc1cccc2c1C(=O)c1c(O)c3c(c(O)c1C2=O)C[C@@](O)(C(=O)COC(=O)N(C)CCCCCCN(C)C(=O)CN1C(=O)C=CC1=O)C[C@@H]3O[C@H]1C[C@H]2[C@H](O[C@@H]3[C@@H](OC)OCCN32)[C@H](C)O1. The Labute approximate surface area is 391 Å². The van der Waals surface area contributed by atoms with Crippen LogP contribution in [0.15, 0.2) is 30.4 Å². The van der Waals surface area contributed by atoms with E-state index in [9.17, 15) is 48.9 Å². The fourth-order valence-corrected chi connectivity index (χ4v) is 10.0. The lowest BCUT2D eigenvalue weighted by molar-refractivity contribution is -0.256. The van der Waals surface area contributed by atoms with E-state index in [0.29, 0.717) is 45.4 Å². The highest BCUT2D eigenvalue weighted by molar-refractivity contribution is 6.31. The summed E-state index contributed by atoms with van der Waals surface area (Å²) < 4.78 is 41.3. The Bertz CT molecular complexity index is 2410. The predicted octanol–water partition coefficient (Wildman–Crippen LogP) is 1.73. The average molecular weight is 949 g/mol. The summed E-state index contributed by atoms with van der Waals surface area (Å²) in [6, 6.07) is 4.14. The fourth-order valence-electron chi connectivity index (χ4n) is 10.0. The van der Waals surface area contributed by atoms with Gasteiger partial charge in [0, 0.05) is 95.0 Å². The number of rotatable bonds is 16. The van der Waals surface area contributed by atoms with Gasteiger partial charge in [-0.15, -0.1) is 0 Å². The molecule has 68 heavy (non-hydrogen) atoms. The Hall–Kier alpha value is -5.81. The highest BCUT2D eigenvalue weighted by atomic mass is 16.7. The average Bonchev–Trinajstić information content (AvgIpc) is 3.86. The van der Waals surface area contributed by atoms with Crippen molar-refractivity contribution in [2.24, 2.45) is 0 Å². The van der Waals surface area contributed by atoms with Crippen LogP contribution in [0.25, 0.3) is 0 Å². The molecule has 0 radical (unpaired) electrons. The third-order valence-electron chi connectivity index (χ3n) is 13.7. The topological polar surface area (TPSA) is 258 Å². The molecule has 2 aromatic carbocycles. The van der Waals surface area contributed by atoms with Crippen LogP contribution in [0.2, 0.25) is 0 Å². The number of likely N-dealkylation sites (N-methyl/N-ethyl adjacent to an activating group) is 1.